The second-order valence-corrected chi connectivity index (χ2v) is 31.3. The predicted octanol–water partition coefficient (Wildman–Crippen LogP) is 22.3. The Balaban J connectivity index is 5.23. The summed E-state index contributed by atoms with van der Waals surface area (Å²) in [5, 5.41) is 10.6. The molecule has 564 valence electrons. The number of aliphatic hydroxyl groups excluding tert-OH is 1. The van der Waals surface area contributed by atoms with Crippen molar-refractivity contribution in [2.24, 2.45) is 11.8 Å². The highest BCUT2D eigenvalue weighted by Gasteiger charge is 2.30. The number of unbranched alkanes of at least 4 members (excludes halogenated alkanes) is 45. The topological polar surface area (TPSA) is 237 Å². The number of aliphatic hydroxyl groups is 1. The fraction of sp³-hybridized carbons (Fsp3) is 0.947. The van der Waals surface area contributed by atoms with Crippen molar-refractivity contribution in [2.45, 2.75) is 413 Å². The van der Waals surface area contributed by atoms with E-state index >= 15 is 0 Å². The van der Waals surface area contributed by atoms with E-state index in [0.717, 1.165) is 102 Å². The molecule has 0 amide bonds. The van der Waals surface area contributed by atoms with E-state index in [1.807, 2.05) is 0 Å². The summed E-state index contributed by atoms with van der Waals surface area (Å²) in [5.74, 6) is -0.694. The van der Waals surface area contributed by atoms with Crippen LogP contribution < -0.4 is 0 Å². The Morgan fingerprint density at radius 2 is 0.484 bits per heavy atom. The molecule has 0 aromatic carbocycles. The third-order valence-corrected chi connectivity index (χ3v) is 19.6. The van der Waals surface area contributed by atoms with Crippen LogP contribution in [0.5, 0.6) is 0 Å². The largest absolute Gasteiger partial charge is 0.472 e. The lowest BCUT2D eigenvalue weighted by Gasteiger charge is -2.21. The van der Waals surface area contributed by atoms with Gasteiger partial charge in [0.1, 0.15) is 19.3 Å². The molecule has 0 aromatic heterocycles. The van der Waals surface area contributed by atoms with Gasteiger partial charge in [0.2, 0.25) is 0 Å². The summed E-state index contributed by atoms with van der Waals surface area (Å²) < 4.78 is 68.5. The van der Waals surface area contributed by atoms with Crippen LogP contribution in [0.4, 0.5) is 0 Å². The highest BCUT2D eigenvalue weighted by Crippen LogP contribution is 2.45. The van der Waals surface area contributed by atoms with Crippen molar-refractivity contribution in [1.29, 1.82) is 0 Å². The summed E-state index contributed by atoms with van der Waals surface area (Å²) in [6, 6.07) is 0. The maximum atomic E-state index is 13.1. The van der Waals surface area contributed by atoms with Crippen molar-refractivity contribution in [3.8, 4) is 0 Å². The standard InChI is InChI=1S/C76H148O17P2/c1-7-9-11-13-15-17-19-21-23-25-26-28-30-32-34-41-48-54-60-75(80)92-71(64-86-73(78)58-52-46-40-33-31-29-27-24-22-20-18-16-14-12-10-8-2)66-90-94(82,83)88-62-70(77)63-89-95(84,85)91-67-72(65-87-74(79)59-53-47-43-37-39-45-51-57-69(5)6)93-76(81)61-55-49-42-36-35-38-44-50-56-68(3)4/h68-72,77H,7-67H2,1-6H3,(H,82,83)(H,84,85)/t70-,71-,72-/m1/s1. The lowest BCUT2D eigenvalue weighted by Crippen LogP contribution is -2.30. The van der Waals surface area contributed by atoms with E-state index in [0.29, 0.717) is 31.6 Å². The zero-order valence-electron chi connectivity index (χ0n) is 62.0. The molecule has 0 spiro atoms. The maximum Gasteiger partial charge on any atom is 0.472 e. The van der Waals surface area contributed by atoms with E-state index in [4.69, 9.17) is 37.0 Å². The Morgan fingerprint density at radius 1 is 0.284 bits per heavy atom. The summed E-state index contributed by atoms with van der Waals surface area (Å²) in [7, 11) is -9.91. The molecular formula is C76H148O17P2. The SMILES string of the molecule is CCCCCCCCCCCCCCCCCCCCC(=O)O[C@H](COC(=O)CCCCCCCCCCCCCCCCCC)COP(=O)(O)OC[C@@H](O)COP(=O)(O)OC[C@@H](COC(=O)CCCCCCCCCC(C)C)OC(=O)CCCCCCCCCCC(C)C. The lowest BCUT2D eigenvalue weighted by molar-refractivity contribution is -0.161. The summed E-state index contributed by atoms with van der Waals surface area (Å²) in [5.41, 5.74) is 0. The summed E-state index contributed by atoms with van der Waals surface area (Å²) in [6.07, 6.45) is 55.7. The number of hydrogen-bond donors (Lipinski definition) is 3. The highest BCUT2D eigenvalue weighted by molar-refractivity contribution is 7.47. The summed E-state index contributed by atoms with van der Waals surface area (Å²) in [4.78, 5) is 72.8. The number of phosphoric ester groups is 2. The molecule has 0 rings (SSSR count). The predicted molar refractivity (Wildman–Crippen MR) is 386 cm³/mol. The molecule has 0 aliphatic rings. The van der Waals surface area contributed by atoms with E-state index in [-0.39, 0.29) is 25.7 Å². The molecule has 0 bridgehead atoms. The Labute approximate surface area is 581 Å². The second-order valence-electron chi connectivity index (χ2n) is 28.3. The van der Waals surface area contributed by atoms with Crippen molar-refractivity contribution in [2.75, 3.05) is 39.6 Å². The van der Waals surface area contributed by atoms with Crippen LogP contribution in [0.25, 0.3) is 0 Å². The lowest BCUT2D eigenvalue weighted by atomic mass is 10.0. The smallest absolute Gasteiger partial charge is 0.462 e. The van der Waals surface area contributed by atoms with Gasteiger partial charge < -0.3 is 33.8 Å². The zero-order chi connectivity index (χ0) is 70.0. The van der Waals surface area contributed by atoms with Crippen molar-refractivity contribution < 1.29 is 80.2 Å². The molecule has 5 atom stereocenters. The number of esters is 4. The fourth-order valence-electron chi connectivity index (χ4n) is 11.7. The average molecular weight is 1400 g/mol. The molecule has 3 N–H and O–H groups in total. The average Bonchev–Trinajstić information content (AvgIpc) is 1.43. The van der Waals surface area contributed by atoms with Crippen LogP contribution in [0.3, 0.4) is 0 Å². The van der Waals surface area contributed by atoms with Gasteiger partial charge in [-0.2, -0.15) is 0 Å². The van der Waals surface area contributed by atoms with E-state index < -0.39 is 97.5 Å². The Kier molecular flexibility index (Phi) is 66.5. The number of ether oxygens (including phenoxy) is 4. The molecule has 0 saturated heterocycles. The van der Waals surface area contributed by atoms with E-state index in [1.165, 1.54) is 205 Å². The Morgan fingerprint density at radius 3 is 0.716 bits per heavy atom. The van der Waals surface area contributed by atoms with Crippen molar-refractivity contribution in [1.82, 2.24) is 0 Å². The molecule has 2 unspecified atom stereocenters. The minimum absolute atomic E-state index is 0.104. The molecule has 0 radical (unpaired) electrons. The van der Waals surface area contributed by atoms with Gasteiger partial charge in [0.25, 0.3) is 0 Å². The monoisotopic (exact) mass is 1400 g/mol. The second kappa shape index (κ2) is 67.9. The normalized spacial score (nSPS) is 14.0. The summed E-state index contributed by atoms with van der Waals surface area (Å²) >= 11 is 0. The van der Waals surface area contributed by atoms with Crippen LogP contribution in [0.15, 0.2) is 0 Å². The molecule has 0 aromatic rings. The molecule has 0 fully saturated rings. The molecular weight excluding hydrogens is 1250 g/mol. The Bertz CT molecular complexity index is 1840. The van der Waals surface area contributed by atoms with Crippen LogP contribution in [0.2, 0.25) is 0 Å². The molecule has 0 heterocycles. The minimum Gasteiger partial charge on any atom is -0.462 e. The third kappa shape index (κ3) is 70.3. The van der Waals surface area contributed by atoms with E-state index in [1.54, 1.807) is 0 Å². The molecule has 17 nitrogen and oxygen atoms in total. The first kappa shape index (κ1) is 93.1. The van der Waals surface area contributed by atoms with Gasteiger partial charge in [-0.25, -0.2) is 9.13 Å². The van der Waals surface area contributed by atoms with Crippen LogP contribution in [0, 0.1) is 11.8 Å². The van der Waals surface area contributed by atoms with Crippen LogP contribution >= 0.6 is 15.6 Å². The zero-order valence-corrected chi connectivity index (χ0v) is 63.8. The highest BCUT2D eigenvalue weighted by atomic mass is 31.2. The summed E-state index contributed by atoms with van der Waals surface area (Å²) in [6.45, 7) is 9.50. The van der Waals surface area contributed by atoms with E-state index in [2.05, 4.69) is 41.5 Å². The molecule has 0 aliphatic carbocycles. The molecule has 0 aliphatic heterocycles. The molecule has 19 heteroatoms. The fourth-order valence-corrected chi connectivity index (χ4v) is 13.2. The van der Waals surface area contributed by atoms with Gasteiger partial charge >= 0.3 is 39.5 Å². The quantitative estimate of drug-likeness (QED) is 0.0222. The van der Waals surface area contributed by atoms with Crippen molar-refractivity contribution >= 4 is 39.5 Å². The number of phosphoric acid groups is 2. The van der Waals surface area contributed by atoms with Crippen LogP contribution in [-0.2, 0) is 65.4 Å². The number of carbonyl (C=O) groups excluding carboxylic acids is 4. The van der Waals surface area contributed by atoms with Gasteiger partial charge in [-0.1, -0.05) is 343 Å². The first-order chi connectivity index (χ1) is 45.9. The Hall–Kier alpha value is -1.94. The van der Waals surface area contributed by atoms with Gasteiger partial charge in [-0.3, -0.25) is 37.3 Å². The van der Waals surface area contributed by atoms with Gasteiger partial charge in [0.05, 0.1) is 26.4 Å². The van der Waals surface area contributed by atoms with Gasteiger partial charge in [-0.05, 0) is 37.5 Å². The molecule has 0 saturated carbocycles. The van der Waals surface area contributed by atoms with E-state index in [9.17, 15) is 43.2 Å². The third-order valence-electron chi connectivity index (χ3n) is 17.7. The number of hydrogen-bond acceptors (Lipinski definition) is 15. The first-order valence-corrected chi connectivity index (χ1v) is 42.5. The van der Waals surface area contributed by atoms with Crippen LogP contribution in [0.1, 0.15) is 395 Å². The maximum absolute atomic E-state index is 13.1. The number of carbonyl (C=O) groups is 4. The number of rotatable bonds is 75. The van der Waals surface area contributed by atoms with Crippen molar-refractivity contribution in [3.05, 3.63) is 0 Å². The van der Waals surface area contributed by atoms with Gasteiger partial charge in [-0.15, -0.1) is 0 Å². The molecule has 95 heavy (non-hydrogen) atoms. The first-order valence-electron chi connectivity index (χ1n) is 39.5. The van der Waals surface area contributed by atoms with Gasteiger partial charge in [0.15, 0.2) is 12.2 Å². The van der Waals surface area contributed by atoms with Crippen LogP contribution in [-0.4, -0.2) is 96.7 Å². The van der Waals surface area contributed by atoms with Gasteiger partial charge in [0, 0.05) is 25.7 Å². The minimum atomic E-state index is -4.96. The van der Waals surface area contributed by atoms with Crippen molar-refractivity contribution in [3.63, 3.8) is 0 Å².